The zero-order valence-corrected chi connectivity index (χ0v) is 11.1. The molecule has 0 unspecified atom stereocenters. The molecule has 0 aromatic heterocycles. The van der Waals surface area contributed by atoms with Crippen molar-refractivity contribution >= 4 is 5.97 Å². The molecule has 2 aromatic carbocycles. The van der Waals surface area contributed by atoms with Gasteiger partial charge in [0.05, 0.1) is 6.04 Å². The van der Waals surface area contributed by atoms with Gasteiger partial charge in [0.1, 0.15) is 5.54 Å². The van der Waals surface area contributed by atoms with E-state index < -0.39 is 11.5 Å². The maximum absolute atomic E-state index is 11.4. The van der Waals surface area contributed by atoms with E-state index in [2.05, 4.69) is 5.32 Å². The largest absolute Gasteiger partial charge is 0.480 e. The van der Waals surface area contributed by atoms with E-state index in [1.807, 2.05) is 60.7 Å². The summed E-state index contributed by atoms with van der Waals surface area (Å²) >= 11 is 0. The topological polar surface area (TPSA) is 49.3 Å². The van der Waals surface area contributed by atoms with Crippen molar-refractivity contribution < 1.29 is 9.90 Å². The average Bonchev–Trinajstić information content (AvgIpc) is 3.28. The smallest absolute Gasteiger partial charge is 0.323 e. The Morgan fingerprint density at radius 3 is 1.75 bits per heavy atom. The van der Waals surface area contributed by atoms with Crippen LogP contribution < -0.4 is 5.32 Å². The lowest BCUT2D eigenvalue weighted by molar-refractivity contribution is -0.140. The lowest BCUT2D eigenvalue weighted by Crippen LogP contribution is -2.41. The summed E-state index contributed by atoms with van der Waals surface area (Å²) in [6.07, 6.45) is 1.39. The molecule has 1 fully saturated rings. The van der Waals surface area contributed by atoms with Crippen molar-refractivity contribution in [3.63, 3.8) is 0 Å². The van der Waals surface area contributed by atoms with Gasteiger partial charge in [-0.15, -0.1) is 0 Å². The molecule has 0 amide bonds. The molecule has 3 rings (SSSR count). The van der Waals surface area contributed by atoms with Crippen LogP contribution in [0, 0.1) is 0 Å². The third-order valence-electron chi connectivity index (χ3n) is 3.85. The van der Waals surface area contributed by atoms with E-state index in [1.54, 1.807) is 0 Å². The molecule has 1 aliphatic carbocycles. The second kappa shape index (κ2) is 5.10. The summed E-state index contributed by atoms with van der Waals surface area (Å²) in [5, 5.41) is 12.7. The number of carboxylic acids is 1. The summed E-state index contributed by atoms with van der Waals surface area (Å²) in [4.78, 5) is 11.4. The van der Waals surface area contributed by atoms with E-state index in [0.717, 1.165) is 11.1 Å². The van der Waals surface area contributed by atoms with Crippen LogP contribution in [0.5, 0.6) is 0 Å². The number of hydrogen-bond acceptors (Lipinski definition) is 2. The van der Waals surface area contributed by atoms with Crippen LogP contribution in [-0.4, -0.2) is 16.6 Å². The molecule has 0 heterocycles. The standard InChI is InChI=1S/C17H17NO2/c19-16(20)17(11-12-17)18-15(13-7-3-1-4-8-13)14-9-5-2-6-10-14/h1-10,15,18H,11-12H2,(H,19,20). The fourth-order valence-electron chi connectivity index (χ4n) is 2.47. The van der Waals surface area contributed by atoms with Gasteiger partial charge in [0.15, 0.2) is 0 Å². The first-order valence-corrected chi connectivity index (χ1v) is 6.82. The van der Waals surface area contributed by atoms with Crippen LogP contribution in [0.15, 0.2) is 60.7 Å². The molecule has 2 N–H and O–H groups in total. The zero-order valence-electron chi connectivity index (χ0n) is 11.1. The van der Waals surface area contributed by atoms with Gasteiger partial charge in [-0.3, -0.25) is 10.1 Å². The molecular formula is C17H17NO2. The van der Waals surface area contributed by atoms with Crippen molar-refractivity contribution in [1.29, 1.82) is 0 Å². The number of aliphatic carboxylic acids is 1. The SMILES string of the molecule is O=C(O)C1(NC(c2ccccc2)c2ccccc2)CC1. The molecule has 1 saturated carbocycles. The quantitative estimate of drug-likeness (QED) is 0.875. The van der Waals surface area contributed by atoms with Gasteiger partial charge < -0.3 is 5.11 Å². The Kier molecular flexibility index (Phi) is 3.28. The molecule has 3 nitrogen and oxygen atoms in total. The molecule has 3 heteroatoms. The van der Waals surface area contributed by atoms with Gasteiger partial charge in [-0.25, -0.2) is 0 Å². The van der Waals surface area contributed by atoms with Crippen LogP contribution >= 0.6 is 0 Å². The van der Waals surface area contributed by atoms with Crippen molar-refractivity contribution in [2.24, 2.45) is 0 Å². The highest BCUT2D eigenvalue weighted by Crippen LogP contribution is 2.39. The number of carbonyl (C=O) groups is 1. The van der Waals surface area contributed by atoms with E-state index >= 15 is 0 Å². The van der Waals surface area contributed by atoms with E-state index in [4.69, 9.17) is 0 Å². The molecule has 0 saturated heterocycles. The number of hydrogen-bond donors (Lipinski definition) is 2. The number of benzene rings is 2. The maximum Gasteiger partial charge on any atom is 0.323 e. The Balaban J connectivity index is 1.95. The summed E-state index contributed by atoms with van der Waals surface area (Å²) in [5.74, 6) is -0.755. The van der Waals surface area contributed by atoms with Crippen molar-refractivity contribution in [3.8, 4) is 0 Å². The van der Waals surface area contributed by atoms with Crippen LogP contribution in [-0.2, 0) is 4.79 Å². The molecule has 0 spiro atoms. The lowest BCUT2D eigenvalue weighted by Gasteiger charge is -2.24. The zero-order chi connectivity index (χ0) is 14.0. The lowest BCUT2D eigenvalue weighted by atomic mass is 9.97. The monoisotopic (exact) mass is 267 g/mol. The second-order valence-electron chi connectivity index (χ2n) is 5.29. The van der Waals surface area contributed by atoms with Crippen LogP contribution in [0.3, 0.4) is 0 Å². The van der Waals surface area contributed by atoms with Gasteiger partial charge in [-0.1, -0.05) is 60.7 Å². The summed E-state index contributed by atoms with van der Waals surface area (Å²) in [7, 11) is 0. The van der Waals surface area contributed by atoms with Gasteiger partial charge in [-0.05, 0) is 24.0 Å². The molecule has 1 aliphatic rings. The van der Waals surface area contributed by atoms with Gasteiger partial charge in [0.25, 0.3) is 0 Å². The highest BCUT2D eigenvalue weighted by atomic mass is 16.4. The van der Waals surface area contributed by atoms with Crippen LogP contribution in [0.1, 0.15) is 30.0 Å². The predicted molar refractivity (Wildman–Crippen MR) is 77.5 cm³/mol. The Labute approximate surface area is 118 Å². The van der Waals surface area contributed by atoms with E-state index in [1.165, 1.54) is 0 Å². The first kappa shape index (κ1) is 12.9. The molecular weight excluding hydrogens is 250 g/mol. The molecule has 2 aromatic rings. The van der Waals surface area contributed by atoms with Crippen molar-refractivity contribution in [2.75, 3.05) is 0 Å². The van der Waals surface area contributed by atoms with E-state index in [-0.39, 0.29) is 6.04 Å². The molecule has 0 atom stereocenters. The Morgan fingerprint density at radius 2 is 1.40 bits per heavy atom. The first-order valence-electron chi connectivity index (χ1n) is 6.82. The van der Waals surface area contributed by atoms with Crippen LogP contribution in [0.2, 0.25) is 0 Å². The normalized spacial score (nSPS) is 16.1. The summed E-state index contributed by atoms with van der Waals surface area (Å²) in [6.45, 7) is 0. The van der Waals surface area contributed by atoms with E-state index in [9.17, 15) is 9.90 Å². The highest BCUT2D eigenvalue weighted by molar-refractivity contribution is 5.82. The summed E-state index contributed by atoms with van der Waals surface area (Å²) in [6, 6.07) is 19.9. The summed E-state index contributed by atoms with van der Waals surface area (Å²) < 4.78 is 0. The number of nitrogens with one attached hydrogen (secondary N) is 1. The maximum atomic E-state index is 11.4. The van der Waals surface area contributed by atoms with Crippen molar-refractivity contribution in [1.82, 2.24) is 5.32 Å². The molecule has 20 heavy (non-hydrogen) atoms. The second-order valence-corrected chi connectivity index (χ2v) is 5.29. The molecule has 102 valence electrons. The van der Waals surface area contributed by atoms with Gasteiger partial charge >= 0.3 is 5.97 Å². The molecule has 0 bridgehead atoms. The van der Waals surface area contributed by atoms with E-state index in [0.29, 0.717) is 12.8 Å². The van der Waals surface area contributed by atoms with Gasteiger partial charge in [0, 0.05) is 0 Å². The highest BCUT2D eigenvalue weighted by Gasteiger charge is 2.51. The predicted octanol–water partition coefficient (Wildman–Crippen LogP) is 2.98. The Hall–Kier alpha value is -2.13. The fourth-order valence-corrected chi connectivity index (χ4v) is 2.47. The van der Waals surface area contributed by atoms with Gasteiger partial charge in [-0.2, -0.15) is 0 Å². The minimum atomic E-state index is -0.755. The third kappa shape index (κ3) is 2.45. The average molecular weight is 267 g/mol. The fraction of sp³-hybridized carbons (Fsp3) is 0.235. The number of rotatable bonds is 5. The number of carboxylic acid groups (broad SMARTS) is 1. The molecule has 0 radical (unpaired) electrons. The van der Waals surface area contributed by atoms with Crippen molar-refractivity contribution in [3.05, 3.63) is 71.8 Å². The van der Waals surface area contributed by atoms with Crippen molar-refractivity contribution in [2.45, 2.75) is 24.4 Å². The Morgan fingerprint density at radius 1 is 0.950 bits per heavy atom. The Bertz CT molecular complexity index is 551. The first-order chi connectivity index (χ1) is 9.71. The van der Waals surface area contributed by atoms with Crippen LogP contribution in [0.4, 0.5) is 0 Å². The van der Waals surface area contributed by atoms with Gasteiger partial charge in [0.2, 0.25) is 0 Å². The molecule has 0 aliphatic heterocycles. The van der Waals surface area contributed by atoms with Crippen LogP contribution in [0.25, 0.3) is 0 Å². The summed E-state index contributed by atoms with van der Waals surface area (Å²) in [5.41, 5.74) is 1.42. The third-order valence-corrected chi connectivity index (χ3v) is 3.85. The minimum Gasteiger partial charge on any atom is -0.480 e. The minimum absolute atomic E-state index is 0.0870.